The summed E-state index contributed by atoms with van der Waals surface area (Å²) >= 11 is 0. The molecule has 3 atom stereocenters. The minimum atomic E-state index is -3.40. The summed E-state index contributed by atoms with van der Waals surface area (Å²) in [6.45, 7) is 3.99. The molecule has 2 heterocycles. The highest BCUT2D eigenvalue weighted by Gasteiger charge is 2.44. The van der Waals surface area contributed by atoms with Crippen molar-refractivity contribution in [3.05, 3.63) is 0 Å². The number of carbonyl (C=O) groups is 1. The van der Waals surface area contributed by atoms with Crippen molar-refractivity contribution in [2.75, 3.05) is 32.5 Å². The third-order valence-corrected chi connectivity index (χ3v) is 7.59. The van der Waals surface area contributed by atoms with E-state index >= 15 is 0 Å². The average Bonchev–Trinajstić information content (AvgIpc) is 3.37. The minimum Gasteiger partial charge on any atom is -0.469 e. The molecular formula is C16H28N2O4S. The molecule has 1 saturated carbocycles. The molecule has 3 fully saturated rings. The Morgan fingerprint density at radius 1 is 1.22 bits per heavy atom. The van der Waals surface area contributed by atoms with Crippen molar-refractivity contribution in [2.45, 2.75) is 51.1 Å². The first-order valence-electron chi connectivity index (χ1n) is 8.74. The monoisotopic (exact) mass is 344 g/mol. The Morgan fingerprint density at radius 2 is 1.96 bits per heavy atom. The first-order chi connectivity index (χ1) is 10.9. The molecule has 3 rings (SSSR count). The number of likely N-dealkylation sites (tertiary alicyclic amines) is 1. The number of carbonyl (C=O) groups excluding carboxylic acids is 1. The third-order valence-electron chi connectivity index (χ3n) is 5.55. The smallest absolute Gasteiger partial charge is 0.309 e. The van der Waals surface area contributed by atoms with Crippen LogP contribution in [0.1, 0.15) is 39.0 Å². The van der Waals surface area contributed by atoms with Crippen LogP contribution in [0.4, 0.5) is 0 Å². The van der Waals surface area contributed by atoms with Crippen molar-refractivity contribution in [1.82, 2.24) is 9.21 Å². The zero-order chi connectivity index (χ0) is 16.6. The zero-order valence-corrected chi connectivity index (χ0v) is 14.9. The van der Waals surface area contributed by atoms with Gasteiger partial charge in [0.25, 0.3) is 0 Å². The van der Waals surface area contributed by atoms with E-state index in [9.17, 15) is 13.2 Å². The fraction of sp³-hybridized carbons (Fsp3) is 0.938. The first-order valence-corrected chi connectivity index (χ1v) is 10.3. The quantitative estimate of drug-likeness (QED) is 0.698. The molecule has 2 aliphatic heterocycles. The summed E-state index contributed by atoms with van der Waals surface area (Å²) < 4.78 is 31.5. The van der Waals surface area contributed by atoms with Gasteiger partial charge in [0.1, 0.15) is 0 Å². The van der Waals surface area contributed by atoms with Gasteiger partial charge in [-0.3, -0.25) is 9.69 Å². The van der Waals surface area contributed by atoms with Crippen LogP contribution in [0.2, 0.25) is 0 Å². The Balaban J connectivity index is 1.63. The van der Waals surface area contributed by atoms with Crippen molar-refractivity contribution in [1.29, 1.82) is 0 Å². The number of rotatable bonds is 5. The van der Waals surface area contributed by atoms with E-state index < -0.39 is 21.9 Å². The summed E-state index contributed by atoms with van der Waals surface area (Å²) in [7, 11) is -2.10. The summed E-state index contributed by atoms with van der Waals surface area (Å²) in [6.07, 6.45) is 5.83. The molecule has 0 radical (unpaired) electrons. The highest BCUT2D eigenvalue weighted by molar-refractivity contribution is 7.89. The Kier molecular flexibility index (Phi) is 4.99. The molecule has 0 aromatic rings. The molecule has 1 aliphatic carbocycles. The molecule has 3 aliphatic rings. The van der Waals surface area contributed by atoms with Gasteiger partial charge in [-0.2, -0.15) is 0 Å². The Morgan fingerprint density at radius 3 is 2.61 bits per heavy atom. The lowest BCUT2D eigenvalue weighted by Gasteiger charge is -2.47. The highest BCUT2D eigenvalue weighted by Crippen LogP contribution is 2.38. The maximum Gasteiger partial charge on any atom is 0.309 e. The fourth-order valence-electron chi connectivity index (χ4n) is 4.21. The van der Waals surface area contributed by atoms with Gasteiger partial charge in [-0.25, -0.2) is 12.7 Å². The summed E-state index contributed by atoms with van der Waals surface area (Å²) in [6, 6.07) is 1.31. The van der Waals surface area contributed by atoms with Crippen LogP contribution in [0.5, 0.6) is 0 Å². The Labute approximate surface area is 139 Å². The number of sulfonamides is 1. The largest absolute Gasteiger partial charge is 0.469 e. The van der Waals surface area contributed by atoms with Crippen LogP contribution in [0.3, 0.4) is 0 Å². The third kappa shape index (κ3) is 3.72. The van der Waals surface area contributed by atoms with Crippen LogP contribution in [-0.4, -0.2) is 68.2 Å². The second kappa shape index (κ2) is 6.69. The molecule has 0 N–H and O–H groups in total. The van der Waals surface area contributed by atoms with Gasteiger partial charge in [-0.1, -0.05) is 6.92 Å². The number of nitrogens with zero attached hydrogens (tertiary/aromatic N) is 2. The van der Waals surface area contributed by atoms with Gasteiger partial charge < -0.3 is 4.74 Å². The van der Waals surface area contributed by atoms with Gasteiger partial charge in [0.15, 0.2) is 0 Å². The van der Waals surface area contributed by atoms with Gasteiger partial charge in [-0.15, -0.1) is 0 Å². The first kappa shape index (κ1) is 17.2. The van der Waals surface area contributed by atoms with Crippen LogP contribution in [0.25, 0.3) is 0 Å². The van der Waals surface area contributed by atoms with Crippen molar-refractivity contribution in [2.24, 2.45) is 11.8 Å². The van der Waals surface area contributed by atoms with Crippen LogP contribution in [-0.2, 0) is 19.6 Å². The Hall–Kier alpha value is -0.660. The lowest BCUT2D eigenvalue weighted by Crippen LogP contribution is -2.56. The molecule has 0 aromatic heterocycles. The topological polar surface area (TPSA) is 66.9 Å². The molecule has 3 unspecified atom stereocenters. The molecule has 0 aromatic carbocycles. The summed E-state index contributed by atoms with van der Waals surface area (Å²) in [5.41, 5.74) is 0. The summed E-state index contributed by atoms with van der Waals surface area (Å²) in [4.78, 5) is 14.1. The van der Waals surface area contributed by atoms with Gasteiger partial charge in [0.05, 0.1) is 18.8 Å². The molecule has 6 nitrogen and oxygen atoms in total. The van der Waals surface area contributed by atoms with Crippen LogP contribution in [0, 0.1) is 11.8 Å². The normalized spacial score (nSPS) is 31.4. The van der Waals surface area contributed by atoms with E-state index in [0.29, 0.717) is 25.0 Å². The van der Waals surface area contributed by atoms with E-state index in [1.54, 1.807) is 11.2 Å². The van der Waals surface area contributed by atoms with Crippen molar-refractivity contribution in [3.8, 4) is 0 Å². The van der Waals surface area contributed by atoms with Crippen LogP contribution in [0.15, 0.2) is 0 Å². The molecule has 0 bridgehead atoms. The fourth-order valence-corrected chi connectivity index (χ4v) is 5.99. The number of methoxy groups -OCH3 is 1. The minimum absolute atomic E-state index is 0.149. The van der Waals surface area contributed by atoms with Gasteiger partial charge in [-0.05, 0) is 44.6 Å². The van der Waals surface area contributed by atoms with E-state index in [1.807, 2.05) is 0 Å². The van der Waals surface area contributed by atoms with Crippen LogP contribution < -0.4 is 0 Å². The lowest BCUT2D eigenvalue weighted by molar-refractivity contribution is -0.144. The standard InChI is InChI=1S/C16H28N2O4S/c1-12(16(19)22-2)11-23(20,21)17-9-7-15-13(10-17)4-3-8-18(15)14-5-6-14/h12-15H,3-11H2,1-2H3. The zero-order valence-electron chi connectivity index (χ0n) is 14.1. The number of hydrogen-bond donors (Lipinski definition) is 0. The number of fused-ring (bicyclic) bond motifs is 1. The SMILES string of the molecule is COC(=O)C(C)CS(=O)(=O)N1CCC2C(CCCN2C2CC2)C1. The lowest BCUT2D eigenvalue weighted by atomic mass is 9.84. The highest BCUT2D eigenvalue weighted by atomic mass is 32.2. The van der Waals surface area contributed by atoms with E-state index in [1.165, 1.54) is 32.9 Å². The van der Waals surface area contributed by atoms with Gasteiger partial charge in [0.2, 0.25) is 10.0 Å². The molecule has 0 spiro atoms. The number of piperidine rings is 2. The van der Waals surface area contributed by atoms with Gasteiger partial charge >= 0.3 is 5.97 Å². The maximum atomic E-state index is 12.6. The summed E-state index contributed by atoms with van der Waals surface area (Å²) in [5.74, 6) is -0.775. The van der Waals surface area contributed by atoms with Crippen molar-refractivity contribution in [3.63, 3.8) is 0 Å². The van der Waals surface area contributed by atoms with E-state index in [0.717, 1.165) is 18.9 Å². The Bertz CT molecular complexity index is 546. The molecule has 132 valence electrons. The molecule has 7 heteroatoms. The molecular weight excluding hydrogens is 316 g/mol. The number of hydrogen-bond acceptors (Lipinski definition) is 5. The number of ether oxygens (including phenoxy) is 1. The molecule has 0 amide bonds. The second-order valence-electron chi connectivity index (χ2n) is 7.29. The van der Waals surface area contributed by atoms with Gasteiger partial charge in [0, 0.05) is 25.2 Å². The van der Waals surface area contributed by atoms with E-state index in [-0.39, 0.29) is 5.75 Å². The van der Waals surface area contributed by atoms with Crippen LogP contribution >= 0.6 is 0 Å². The van der Waals surface area contributed by atoms with Crippen molar-refractivity contribution >= 4 is 16.0 Å². The maximum absolute atomic E-state index is 12.6. The predicted molar refractivity (Wildman–Crippen MR) is 87.4 cm³/mol. The predicted octanol–water partition coefficient (Wildman–Crippen LogP) is 1.07. The molecule has 2 saturated heterocycles. The average molecular weight is 344 g/mol. The van der Waals surface area contributed by atoms with E-state index in [4.69, 9.17) is 0 Å². The summed E-state index contributed by atoms with van der Waals surface area (Å²) in [5, 5.41) is 0. The number of esters is 1. The van der Waals surface area contributed by atoms with Crippen molar-refractivity contribution < 1.29 is 17.9 Å². The molecule has 23 heavy (non-hydrogen) atoms. The van der Waals surface area contributed by atoms with E-state index in [2.05, 4.69) is 9.64 Å². The second-order valence-corrected chi connectivity index (χ2v) is 9.30.